The van der Waals surface area contributed by atoms with Crippen molar-refractivity contribution in [2.45, 2.75) is 25.6 Å². The second-order valence-corrected chi connectivity index (χ2v) is 3.35. The summed E-state index contributed by atoms with van der Waals surface area (Å²) in [6.45, 7) is 4.87. The maximum Gasteiger partial charge on any atom is 0.170 e. The third-order valence-electron chi connectivity index (χ3n) is 2.53. The molecular weight excluding hydrogens is 154 g/mol. The third-order valence-corrected chi connectivity index (χ3v) is 2.53. The van der Waals surface area contributed by atoms with Gasteiger partial charge in [0, 0.05) is 39.6 Å². The van der Waals surface area contributed by atoms with Crippen molar-refractivity contribution in [2.24, 2.45) is 0 Å². The lowest BCUT2D eigenvalue weighted by atomic mass is 10.0. The largest absolute Gasteiger partial charge is 0.353 e. The fraction of sp³-hybridized carbons (Fsp3) is 1.00. The van der Waals surface area contributed by atoms with Gasteiger partial charge < -0.3 is 14.4 Å². The number of ether oxygens (including phenoxy) is 2. The van der Waals surface area contributed by atoms with Crippen LogP contribution in [0.5, 0.6) is 0 Å². The Kier molecular flexibility index (Phi) is 3.50. The molecule has 0 aromatic heterocycles. The van der Waals surface area contributed by atoms with E-state index in [-0.39, 0.29) is 5.79 Å². The van der Waals surface area contributed by atoms with Crippen molar-refractivity contribution in [2.75, 3.05) is 33.9 Å². The molecule has 12 heavy (non-hydrogen) atoms. The van der Waals surface area contributed by atoms with E-state index in [0.717, 1.165) is 32.5 Å². The molecule has 0 spiro atoms. The molecular formula is C9H19NO2. The third kappa shape index (κ3) is 2.19. The first-order valence-electron chi connectivity index (χ1n) is 4.60. The molecule has 1 aliphatic rings. The molecule has 3 nitrogen and oxygen atoms in total. The van der Waals surface area contributed by atoms with Gasteiger partial charge >= 0.3 is 0 Å². The van der Waals surface area contributed by atoms with Crippen LogP contribution >= 0.6 is 0 Å². The molecule has 0 aliphatic carbocycles. The van der Waals surface area contributed by atoms with E-state index >= 15 is 0 Å². The highest BCUT2D eigenvalue weighted by molar-refractivity contribution is 4.78. The lowest BCUT2D eigenvalue weighted by Gasteiger charge is -2.38. The minimum Gasteiger partial charge on any atom is -0.353 e. The number of nitrogens with zero attached hydrogens (tertiary/aromatic N) is 1. The van der Waals surface area contributed by atoms with Gasteiger partial charge in [0.15, 0.2) is 5.79 Å². The summed E-state index contributed by atoms with van der Waals surface area (Å²) < 4.78 is 11.0. The van der Waals surface area contributed by atoms with Crippen LogP contribution in [-0.2, 0) is 9.47 Å². The Hall–Kier alpha value is -0.120. The molecule has 72 valence electrons. The van der Waals surface area contributed by atoms with Crippen molar-refractivity contribution in [3.8, 4) is 0 Å². The zero-order valence-electron chi connectivity index (χ0n) is 8.30. The normalized spacial score (nSPS) is 24.2. The molecule has 1 rings (SSSR count). The lowest BCUT2D eigenvalue weighted by molar-refractivity contribution is -0.240. The summed E-state index contributed by atoms with van der Waals surface area (Å²) in [7, 11) is 3.87. The van der Waals surface area contributed by atoms with E-state index in [1.165, 1.54) is 0 Å². The van der Waals surface area contributed by atoms with Crippen LogP contribution in [0.25, 0.3) is 0 Å². The molecule has 1 fully saturated rings. The molecule has 0 atom stereocenters. The number of piperidine rings is 1. The van der Waals surface area contributed by atoms with Crippen molar-refractivity contribution in [3.05, 3.63) is 0 Å². The van der Waals surface area contributed by atoms with E-state index in [1.807, 2.05) is 6.92 Å². The van der Waals surface area contributed by atoms with Gasteiger partial charge in [0.1, 0.15) is 0 Å². The number of hydrogen-bond acceptors (Lipinski definition) is 3. The van der Waals surface area contributed by atoms with Gasteiger partial charge in [-0.25, -0.2) is 0 Å². The van der Waals surface area contributed by atoms with Crippen LogP contribution < -0.4 is 0 Å². The Balaban J connectivity index is 2.45. The lowest BCUT2D eigenvalue weighted by Crippen LogP contribution is -2.46. The molecule has 0 aromatic rings. The second-order valence-electron chi connectivity index (χ2n) is 3.35. The predicted molar refractivity (Wildman–Crippen MR) is 48.1 cm³/mol. The highest BCUT2D eigenvalue weighted by atomic mass is 16.7. The summed E-state index contributed by atoms with van der Waals surface area (Å²) in [5, 5.41) is 0. The van der Waals surface area contributed by atoms with Gasteiger partial charge in [-0.2, -0.15) is 0 Å². The predicted octanol–water partition coefficient (Wildman–Crippen LogP) is 1.09. The van der Waals surface area contributed by atoms with Crippen LogP contribution in [0.3, 0.4) is 0 Å². The molecule has 0 N–H and O–H groups in total. The minimum atomic E-state index is -0.290. The van der Waals surface area contributed by atoms with Crippen LogP contribution in [0.4, 0.5) is 0 Å². The van der Waals surface area contributed by atoms with Gasteiger partial charge in [-0.15, -0.1) is 0 Å². The SMILES string of the molecule is CCOC1(OC)CCN(C)CC1. The molecule has 0 radical (unpaired) electrons. The zero-order chi connectivity index (χ0) is 9.03. The van der Waals surface area contributed by atoms with Crippen LogP contribution in [0.1, 0.15) is 19.8 Å². The van der Waals surface area contributed by atoms with Crippen LogP contribution in [0.2, 0.25) is 0 Å². The topological polar surface area (TPSA) is 21.7 Å². The molecule has 1 heterocycles. The number of methoxy groups -OCH3 is 1. The van der Waals surface area contributed by atoms with Crippen molar-refractivity contribution in [1.29, 1.82) is 0 Å². The van der Waals surface area contributed by atoms with Crippen molar-refractivity contribution < 1.29 is 9.47 Å². The van der Waals surface area contributed by atoms with E-state index in [0.29, 0.717) is 0 Å². The Morgan fingerprint density at radius 2 is 1.92 bits per heavy atom. The highest BCUT2D eigenvalue weighted by Gasteiger charge is 2.33. The summed E-state index contributed by atoms with van der Waals surface area (Å²) in [6.07, 6.45) is 1.96. The van der Waals surface area contributed by atoms with Gasteiger partial charge in [0.25, 0.3) is 0 Å². The highest BCUT2D eigenvalue weighted by Crippen LogP contribution is 2.26. The fourth-order valence-corrected chi connectivity index (χ4v) is 1.63. The Morgan fingerprint density at radius 3 is 2.33 bits per heavy atom. The van der Waals surface area contributed by atoms with E-state index in [9.17, 15) is 0 Å². The summed E-state index contributed by atoms with van der Waals surface area (Å²) in [4.78, 5) is 2.30. The van der Waals surface area contributed by atoms with Crippen LogP contribution in [0, 0.1) is 0 Å². The maximum atomic E-state index is 5.62. The van der Waals surface area contributed by atoms with Crippen molar-refractivity contribution in [3.63, 3.8) is 0 Å². The molecule has 0 saturated carbocycles. The average molecular weight is 173 g/mol. The van der Waals surface area contributed by atoms with E-state index in [2.05, 4.69) is 11.9 Å². The first-order valence-corrected chi connectivity index (χ1v) is 4.60. The molecule has 0 bridgehead atoms. The second kappa shape index (κ2) is 4.21. The minimum absolute atomic E-state index is 0.290. The molecule has 3 heteroatoms. The summed E-state index contributed by atoms with van der Waals surface area (Å²) >= 11 is 0. The van der Waals surface area contributed by atoms with E-state index in [4.69, 9.17) is 9.47 Å². The van der Waals surface area contributed by atoms with Gasteiger partial charge in [0.2, 0.25) is 0 Å². The molecule has 1 aliphatic heterocycles. The number of likely N-dealkylation sites (tertiary alicyclic amines) is 1. The first kappa shape index (κ1) is 9.96. The Morgan fingerprint density at radius 1 is 1.33 bits per heavy atom. The van der Waals surface area contributed by atoms with Crippen LogP contribution in [0.15, 0.2) is 0 Å². The molecule has 0 aromatic carbocycles. The zero-order valence-corrected chi connectivity index (χ0v) is 8.30. The number of rotatable bonds is 3. The van der Waals surface area contributed by atoms with Gasteiger partial charge in [-0.3, -0.25) is 0 Å². The Labute approximate surface area is 74.6 Å². The van der Waals surface area contributed by atoms with Gasteiger partial charge in [-0.05, 0) is 14.0 Å². The Bertz CT molecular complexity index is 130. The fourth-order valence-electron chi connectivity index (χ4n) is 1.63. The first-order chi connectivity index (χ1) is 5.72. The van der Waals surface area contributed by atoms with Gasteiger partial charge in [0.05, 0.1) is 0 Å². The van der Waals surface area contributed by atoms with Crippen LogP contribution in [-0.4, -0.2) is 44.5 Å². The van der Waals surface area contributed by atoms with E-state index in [1.54, 1.807) is 7.11 Å². The standard InChI is InChI=1S/C9H19NO2/c1-4-12-9(11-3)5-7-10(2)8-6-9/h4-8H2,1-3H3. The average Bonchev–Trinajstić information content (AvgIpc) is 2.10. The number of hydrogen-bond donors (Lipinski definition) is 0. The summed E-state index contributed by atoms with van der Waals surface area (Å²) in [6, 6.07) is 0. The monoisotopic (exact) mass is 173 g/mol. The van der Waals surface area contributed by atoms with Gasteiger partial charge in [-0.1, -0.05) is 0 Å². The van der Waals surface area contributed by atoms with Crippen molar-refractivity contribution >= 4 is 0 Å². The maximum absolute atomic E-state index is 5.62. The molecule has 0 amide bonds. The van der Waals surface area contributed by atoms with Crippen molar-refractivity contribution in [1.82, 2.24) is 4.90 Å². The molecule has 0 unspecified atom stereocenters. The summed E-state index contributed by atoms with van der Waals surface area (Å²) in [5.74, 6) is -0.290. The summed E-state index contributed by atoms with van der Waals surface area (Å²) in [5.41, 5.74) is 0. The van der Waals surface area contributed by atoms with E-state index < -0.39 is 0 Å². The quantitative estimate of drug-likeness (QED) is 0.596. The molecule has 1 saturated heterocycles. The smallest absolute Gasteiger partial charge is 0.170 e.